The zero-order valence-corrected chi connectivity index (χ0v) is 17.2. The Morgan fingerprint density at radius 1 is 1.12 bits per heavy atom. The van der Waals surface area contributed by atoms with Gasteiger partial charge in [0.25, 0.3) is 0 Å². The molecule has 0 amide bonds. The molecule has 0 bridgehead atoms. The van der Waals surface area contributed by atoms with Crippen molar-refractivity contribution in [2.45, 2.75) is 74.8 Å². The van der Waals surface area contributed by atoms with Crippen LogP contribution in [0.4, 0.5) is 0 Å². The zero-order valence-electron chi connectivity index (χ0n) is 17.2. The Labute approximate surface area is 152 Å². The van der Waals surface area contributed by atoms with Crippen LogP contribution in [0.25, 0.3) is 10.9 Å². The second-order valence-corrected chi connectivity index (χ2v) is 5.23. The van der Waals surface area contributed by atoms with E-state index in [9.17, 15) is 4.79 Å². The fourth-order valence-electron chi connectivity index (χ4n) is 2.23. The highest BCUT2D eigenvalue weighted by atomic mass is 16.1. The first-order chi connectivity index (χ1) is 11.5. The summed E-state index contributed by atoms with van der Waals surface area (Å²) in [7, 11) is 0. The quantitative estimate of drug-likeness (QED) is 0.703. The van der Waals surface area contributed by atoms with E-state index in [1.807, 2.05) is 61.6 Å². The normalized spacial score (nSPS) is 10.6. The van der Waals surface area contributed by atoms with E-state index in [1.54, 1.807) is 0 Å². The lowest BCUT2D eigenvalue weighted by Crippen LogP contribution is -2.35. The van der Waals surface area contributed by atoms with Crippen LogP contribution in [0.1, 0.15) is 69.4 Å². The summed E-state index contributed by atoms with van der Waals surface area (Å²) < 4.78 is 0. The lowest BCUT2D eigenvalue weighted by atomic mass is 9.96. The van der Waals surface area contributed by atoms with Crippen molar-refractivity contribution in [1.29, 1.82) is 0 Å². The molecule has 24 heavy (non-hydrogen) atoms. The third-order valence-corrected chi connectivity index (χ3v) is 3.30. The minimum absolute atomic E-state index is 0. The highest BCUT2D eigenvalue weighted by Gasteiger charge is 2.18. The Kier molecular flexibility index (Phi) is 14.2. The van der Waals surface area contributed by atoms with Gasteiger partial charge in [0.15, 0.2) is 5.78 Å². The standard InChI is InChI=1S/C15H20N2O.3C2H6.2H2/c1-9(2)15(18)13(16)7-11-8-17-14-5-4-10(3)6-12(11)14;3*1-2;;/h4-6,8-9,13,17H,7,16H2,1-3H3;3*1-2H3;2*1H. The SMILES string of the molecule is CC.CC.CC.Cc1ccc2[nH]cc(CC(N)C(=O)C(C)C)c2c1.[HH].[HH]. The maximum atomic E-state index is 11.8. The summed E-state index contributed by atoms with van der Waals surface area (Å²) in [6.07, 6.45) is 2.55. The Balaban J connectivity index is -0.000000275. The smallest absolute Gasteiger partial charge is 0.152 e. The fraction of sp³-hybridized carbons (Fsp3) is 0.571. The van der Waals surface area contributed by atoms with Gasteiger partial charge in [0.1, 0.15) is 0 Å². The number of carbonyl (C=O) groups excluding carboxylic acids is 1. The molecule has 1 aromatic heterocycles. The molecule has 2 rings (SSSR count). The topological polar surface area (TPSA) is 58.9 Å². The van der Waals surface area contributed by atoms with Crippen LogP contribution in [-0.4, -0.2) is 16.8 Å². The van der Waals surface area contributed by atoms with Gasteiger partial charge in [-0.05, 0) is 31.0 Å². The molecule has 0 saturated heterocycles. The van der Waals surface area contributed by atoms with E-state index in [-0.39, 0.29) is 14.6 Å². The number of rotatable bonds is 4. The number of aryl methyl sites for hydroxylation is 1. The first-order valence-electron chi connectivity index (χ1n) is 9.35. The van der Waals surface area contributed by atoms with E-state index in [0.717, 1.165) is 11.1 Å². The van der Waals surface area contributed by atoms with Gasteiger partial charge in [0.05, 0.1) is 6.04 Å². The molecule has 1 aromatic carbocycles. The number of H-pyrrole nitrogens is 1. The van der Waals surface area contributed by atoms with Crippen molar-refractivity contribution < 1.29 is 7.65 Å². The highest BCUT2D eigenvalue weighted by molar-refractivity contribution is 5.88. The van der Waals surface area contributed by atoms with Gasteiger partial charge in [-0.1, -0.05) is 67.0 Å². The minimum Gasteiger partial charge on any atom is -0.361 e. The fourth-order valence-corrected chi connectivity index (χ4v) is 2.23. The number of fused-ring (bicyclic) bond motifs is 1. The summed E-state index contributed by atoms with van der Waals surface area (Å²) in [6, 6.07) is 5.85. The van der Waals surface area contributed by atoms with Crippen LogP contribution in [0.2, 0.25) is 0 Å². The lowest BCUT2D eigenvalue weighted by Gasteiger charge is -2.12. The Bertz CT molecular complexity index is 580. The lowest BCUT2D eigenvalue weighted by molar-refractivity contribution is -0.123. The van der Waals surface area contributed by atoms with Crippen molar-refractivity contribution in [2.75, 3.05) is 0 Å². The van der Waals surface area contributed by atoms with Crippen LogP contribution in [0.3, 0.4) is 0 Å². The maximum Gasteiger partial charge on any atom is 0.152 e. The number of carbonyl (C=O) groups is 1. The second kappa shape index (κ2) is 13.8. The predicted molar refractivity (Wildman–Crippen MR) is 113 cm³/mol. The van der Waals surface area contributed by atoms with Crippen molar-refractivity contribution >= 4 is 16.7 Å². The number of hydrogen-bond acceptors (Lipinski definition) is 2. The van der Waals surface area contributed by atoms with Gasteiger partial charge in [-0.2, -0.15) is 0 Å². The van der Waals surface area contributed by atoms with Crippen LogP contribution in [0, 0.1) is 12.8 Å². The van der Waals surface area contributed by atoms with Gasteiger partial charge in [-0.15, -0.1) is 0 Å². The molecule has 142 valence electrons. The number of benzene rings is 1. The molecule has 1 atom stereocenters. The molecule has 0 aliphatic rings. The van der Waals surface area contributed by atoms with Crippen LogP contribution < -0.4 is 5.73 Å². The molecule has 0 fully saturated rings. The predicted octanol–water partition coefficient (Wildman–Crippen LogP) is 6.14. The summed E-state index contributed by atoms with van der Waals surface area (Å²) in [5, 5.41) is 1.17. The van der Waals surface area contributed by atoms with E-state index in [2.05, 4.69) is 30.1 Å². The first kappa shape index (κ1) is 24.6. The minimum atomic E-state index is -0.412. The Morgan fingerprint density at radius 2 is 1.67 bits per heavy atom. The van der Waals surface area contributed by atoms with Gasteiger partial charge in [0.2, 0.25) is 0 Å². The number of Topliss-reactive ketones (excluding diaryl/α,β-unsaturated/α-hetero) is 1. The molecule has 0 saturated carbocycles. The van der Waals surface area contributed by atoms with E-state index < -0.39 is 6.04 Å². The first-order valence-corrected chi connectivity index (χ1v) is 9.35. The number of hydrogen-bond donors (Lipinski definition) is 2. The molecular weight excluding hydrogens is 296 g/mol. The van der Waals surface area contributed by atoms with Gasteiger partial charge in [-0.25, -0.2) is 0 Å². The number of nitrogens with one attached hydrogen (secondary N) is 1. The summed E-state index contributed by atoms with van der Waals surface area (Å²) in [6.45, 7) is 17.8. The summed E-state index contributed by atoms with van der Waals surface area (Å²) in [5.74, 6) is 0.115. The van der Waals surface area contributed by atoms with Gasteiger partial charge < -0.3 is 10.7 Å². The van der Waals surface area contributed by atoms with Crippen LogP contribution in [0.5, 0.6) is 0 Å². The van der Waals surface area contributed by atoms with Crippen molar-refractivity contribution in [3.63, 3.8) is 0 Å². The Hall–Kier alpha value is -1.61. The molecule has 3 heteroatoms. The summed E-state index contributed by atoms with van der Waals surface area (Å²) in [4.78, 5) is 15.1. The van der Waals surface area contributed by atoms with Crippen LogP contribution in [-0.2, 0) is 11.2 Å². The number of aromatic nitrogens is 1. The van der Waals surface area contributed by atoms with E-state index >= 15 is 0 Å². The van der Waals surface area contributed by atoms with Gasteiger partial charge in [0, 0.05) is 25.9 Å². The third-order valence-electron chi connectivity index (χ3n) is 3.30. The van der Waals surface area contributed by atoms with Crippen molar-refractivity contribution in [3.8, 4) is 0 Å². The second-order valence-electron chi connectivity index (χ2n) is 5.23. The van der Waals surface area contributed by atoms with Crippen molar-refractivity contribution in [2.24, 2.45) is 11.7 Å². The molecule has 1 heterocycles. The zero-order chi connectivity index (χ0) is 19.3. The molecule has 0 aliphatic heterocycles. The number of aromatic amines is 1. The van der Waals surface area contributed by atoms with Crippen LogP contribution >= 0.6 is 0 Å². The van der Waals surface area contributed by atoms with E-state index in [4.69, 9.17) is 5.73 Å². The monoisotopic (exact) mass is 338 g/mol. The highest BCUT2D eigenvalue weighted by Crippen LogP contribution is 2.21. The molecule has 0 radical (unpaired) electrons. The molecule has 3 N–H and O–H groups in total. The van der Waals surface area contributed by atoms with Crippen LogP contribution in [0.15, 0.2) is 24.4 Å². The molecular formula is C21H42N2O. The largest absolute Gasteiger partial charge is 0.361 e. The van der Waals surface area contributed by atoms with Gasteiger partial charge >= 0.3 is 0 Å². The molecule has 1 unspecified atom stereocenters. The van der Waals surface area contributed by atoms with Crippen molar-refractivity contribution in [3.05, 3.63) is 35.5 Å². The average molecular weight is 339 g/mol. The summed E-state index contributed by atoms with van der Waals surface area (Å²) >= 11 is 0. The molecule has 2 aromatic rings. The third kappa shape index (κ3) is 7.31. The maximum absolute atomic E-state index is 11.8. The molecule has 0 spiro atoms. The Morgan fingerprint density at radius 3 is 2.17 bits per heavy atom. The molecule has 3 nitrogen and oxygen atoms in total. The van der Waals surface area contributed by atoms with Crippen molar-refractivity contribution in [1.82, 2.24) is 4.98 Å². The summed E-state index contributed by atoms with van der Waals surface area (Å²) in [5.41, 5.74) is 9.41. The van der Waals surface area contributed by atoms with Gasteiger partial charge in [-0.3, -0.25) is 4.79 Å². The number of ketones is 1. The molecule has 0 aliphatic carbocycles. The number of nitrogens with two attached hydrogens (primary N) is 1. The van der Waals surface area contributed by atoms with E-state index in [0.29, 0.717) is 6.42 Å². The van der Waals surface area contributed by atoms with E-state index in [1.165, 1.54) is 10.9 Å². The average Bonchev–Trinajstić information content (AvgIpc) is 3.01.